The van der Waals surface area contributed by atoms with Gasteiger partial charge in [0, 0.05) is 0 Å². The van der Waals surface area contributed by atoms with Crippen molar-refractivity contribution in [2.45, 2.75) is 6.92 Å². The summed E-state index contributed by atoms with van der Waals surface area (Å²) < 4.78 is 5.04. The van der Waals surface area contributed by atoms with E-state index in [0.29, 0.717) is 5.69 Å². The van der Waals surface area contributed by atoms with Gasteiger partial charge in [-0.25, -0.2) is 4.85 Å². The molecule has 0 spiro atoms. The van der Waals surface area contributed by atoms with Crippen LogP contribution in [0, 0.1) is 13.5 Å². The molecule has 0 unspecified atom stereocenters. The van der Waals surface area contributed by atoms with Crippen molar-refractivity contribution in [2.75, 3.05) is 7.11 Å². The summed E-state index contributed by atoms with van der Waals surface area (Å²) in [6.45, 7) is 8.68. The van der Waals surface area contributed by atoms with Crippen LogP contribution in [0.25, 0.3) is 4.85 Å². The molecule has 0 saturated heterocycles. The highest BCUT2D eigenvalue weighted by atomic mass is 16.5. The average Bonchev–Trinajstić information content (AvgIpc) is 2.04. The number of benzene rings is 1. The third-order valence-corrected chi connectivity index (χ3v) is 1.51. The lowest BCUT2D eigenvalue weighted by Crippen LogP contribution is -1.84. The van der Waals surface area contributed by atoms with Crippen molar-refractivity contribution in [2.24, 2.45) is 0 Å². The van der Waals surface area contributed by atoms with E-state index >= 15 is 0 Å². The van der Waals surface area contributed by atoms with Gasteiger partial charge in [-0.15, -0.1) is 0 Å². The number of rotatable bonds is 1. The van der Waals surface area contributed by atoms with Gasteiger partial charge in [0.1, 0.15) is 5.75 Å². The molecule has 1 rings (SSSR count). The Labute approximate surface area is 66.2 Å². The number of methoxy groups -OCH3 is 1. The third-order valence-electron chi connectivity index (χ3n) is 1.51. The predicted molar refractivity (Wildman–Crippen MR) is 44.0 cm³/mol. The minimum atomic E-state index is 0.656. The molecule has 56 valence electrons. The van der Waals surface area contributed by atoms with Crippen LogP contribution >= 0.6 is 0 Å². The van der Waals surface area contributed by atoms with E-state index in [1.54, 1.807) is 13.2 Å². The summed E-state index contributed by atoms with van der Waals surface area (Å²) in [5.41, 5.74) is 1.66. The second-order valence-electron chi connectivity index (χ2n) is 2.27. The molecule has 0 heterocycles. The van der Waals surface area contributed by atoms with Gasteiger partial charge in [0.25, 0.3) is 0 Å². The standard InChI is InChI=1S/C9H9NO/c1-7-6-8(10-2)4-5-9(7)11-3/h4-6H,1,3H3. The van der Waals surface area contributed by atoms with Crippen LogP contribution in [0.15, 0.2) is 18.2 Å². The fourth-order valence-corrected chi connectivity index (χ4v) is 0.932. The third kappa shape index (κ3) is 1.50. The molecule has 0 N–H and O–H groups in total. The summed E-state index contributed by atoms with van der Waals surface area (Å²) >= 11 is 0. The van der Waals surface area contributed by atoms with Gasteiger partial charge >= 0.3 is 0 Å². The van der Waals surface area contributed by atoms with Crippen molar-refractivity contribution >= 4 is 5.69 Å². The molecular formula is C9H9NO. The molecule has 0 radical (unpaired) electrons. The average molecular weight is 147 g/mol. The number of aryl methyl sites for hydroxylation is 1. The van der Waals surface area contributed by atoms with Gasteiger partial charge < -0.3 is 4.74 Å². The van der Waals surface area contributed by atoms with E-state index in [0.717, 1.165) is 11.3 Å². The number of hydrogen-bond acceptors (Lipinski definition) is 1. The zero-order valence-corrected chi connectivity index (χ0v) is 6.59. The first-order chi connectivity index (χ1) is 5.27. The molecule has 0 fully saturated rings. The van der Waals surface area contributed by atoms with E-state index in [2.05, 4.69) is 4.85 Å². The maximum absolute atomic E-state index is 6.75. The van der Waals surface area contributed by atoms with Gasteiger partial charge in [0.2, 0.25) is 0 Å². The summed E-state index contributed by atoms with van der Waals surface area (Å²) in [5.74, 6) is 0.831. The Morgan fingerprint density at radius 1 is 1.45 bits per heavy atom. The van der Waals surface area contributed by atoms with Crippen molar-refractivity contribution < 1.29 is 4.74 Å². The second-order valence-corrected chi connectivity index (χ2v) is 2.27. The fourth-order valence-electron chi connectivity index (χ4n) is 0.932. The Morgan fingerprint density at radius 3 is 2.64 bits per heavy atom. The summed E-state index contributed by atoms with van der Waals surface area (Å²) in [5, 5.41) is 0. The van der Waals surface area contributed by atoms with E-state index < -0.39 is 0 Å². The summed E-state index contributed by atoms with van der Waals surface area (Å²) in [6.07, 6.45) is 0. The maximum Gasteiger partial charge on any atom is 0.187 e. The van der Waals surface area contributed by atoms with Crippen molar-refractivity contribution in [1.29, 1.82) is 0 Å². The van der Waals surface area contributed by atoms with Crippen LogP contribution in [0.4, 0.5) is 5.69 Å². The van der Waals surface area contributed by atoms with Crippen LogP contribution in [0.3, 0.4) is 0 Å². The topological polar surface area (TPSA) is 13.6 Å². The van der Waals surface area contributed by atoms with Gasteiger partial charge in [-0.3, -0.25) is 0 Å². The van der Waals surface area contributed by atoms with Crippen LogP contribution < -0.4 is 4.74 Å². The second kappa shape index (κ2) is 3.07. The molecule has 0 amide bonds. The highest BCUT2D eigenvalue weighted by Gasteiger charge is 1.97. The van der Waals surface area contributed by atoms with E-state index in [4.69, 9.17) is 11.3 Å². The Hall–Kier alpha value is -1.49. The van der Waals surface area contributed by atoms with E-state index in [1.807, 2.05) is 19.1 Å². The van der Waals surface area contributed by atoms with E-state index in [9.17, 15) is 0 Å². The predicted octanol–water partition coefficient (Wildman–Crippen LogP) is 2.55. The molecule has 2 nitrogen and oxygen atoms in total. The van der Waals surface area contributed by atoms with E-state index in [-0.39, 0.29) is 0 Å². The molecule has 1 aromatic carbocycles. The first-order valence-electron chi connectivity index (χ1n) is 3.30. The lowest BCUT2D eigenvalue weighted by atomic mass is 10.2. The fraction of sp³-hybridized carbons (Fsp3) is 0.222. The van der Waals surface area contributed by atoms with Crippen molar-refractivity contribution in [1.82, 2.24) is 0 Å². The number of nitrogens with zero attached hydrogens (tertiary/aromatic N) is 1. The molecule has 0 aromatic heterocycles. The number of hydrogen-bond donors (Lipinski definition) is 0. The van der Waals surface area contributed by atoms with Gasteiger partial charge in [-0.05, 0) is 24.6 Å². The van der Waals surface area contributed by atoms with Crippen molar-refractivity contribution in [3.63, 3.8) is 0 Å². The van der Waals surface area contributed by atoms with Gasteiger partial charge in [0.05, 0.1) is 13.7 Å². The quantitative estimate of drug-likeness (QED) is 0.556. The first kappa shape index (κ1) is 7.62. The first-order valence-corrected chi connectivity index (χ1v) is 3.30. The van der Waals surface area contributed by atoms with Crippen molar-refractivity contribution in [3.8, 4) is 5.75 Å². The molecule has 11 heavy (non-hydrogen) atoms. The Bertz CT molecular complexity index is 299. The molecule has 2 heteroatoms. The highest BCUT2D eigenvalue weighted by molar-refractivity contribution is 5.51. The molecule has 0 aliphatic heterocycles. The van der Waals surface area contributed by atoms with Crippen molar-refractivity contribution in [3.05, 3.63) is 35.2 Å². The summed E-state index contributed by atoms with van der Waals surface area (Å²) in [6, 6.07) is 5.37. The van der Waals surface area contributed by atoms with Crippen LogP contribution in [0.1, 0.15) is 5.56 Å². The molecule has 1 aromatic rings. The minimum absolute atomic E-state index is 0.656. The van der Waals surface area contributed by atoms with Crippen LogP contribution in [0.5, 0.6) is 5.75 Å². The normalized spacial score (nSPS) is 8.82. The zero-order valence-electron chi connectivity index (χ0n) is 6.59. The summed E-state index contributed by atoms with van der Waals surface area (Å²) in [4.78, 5) is 3.30. The molecule has 0 atom stereocenters. The minimum Gasteiger partial charge on any atom is -0.497 e. The Morgan fingerprint density at radius 2 is 2.18 bits per heavy atom. The van der Waals surface area contributed by atoms with Gasteiger partial charge in [-0.1, -0.05) is 6.07 Å². The van der Waals surface area contributed by atoms with Crippen LogP contribution in [-0.2, 0) is 0 Å². The van der Waals surface area contributed by atoms with Gasteiger partial charge in [-0.2, -0.15) is 0 Å². The summed E-state index contributed by atoms with van der Waals surface area (Å²) in [7, 11) is 1.62. The molecular weight excluding hydrogens is 138 g/mol. The molecule has 0 aliphatic rings. The van der Waals surface area contributed by atoms with Crippen LogP contribution in [0.2, 0.25) is 0 Å². The van der Waals surface area contributed by atoms with E-state index in [1.165, 1.54) is 0 Å². The molecule has 0 saturated carbocycles. The van der Waals surface area contributed by atoms with Gasteiger partial charge in [0.15, 0.2) is 5.69 Å². The molecule has 0 bridgehead atoms. The SMILES string of the molecule is [C-]#[N+]c1ccc(OC)c(C)c1. The largest absolute Gasteiger partial charge is 0.497 e. The lowest BCUT2D eigenvalue weighted by Gasteiger charge is -2.02. The maximum atomic E-state index is 6.75. The Balaban J connectivity index is 3.12. The Kier molecular flexibility index (Phi) is 2.12. The highest BCUT2D eigenvalue weighted by Crippen LogP contribution is 2.22. The lowest BCUT2D eigenvalue weighted by molar-refractivity contribution is 0.412. The van der Waals surface area contributed by atoms with Crippen LogP contribution in [-0.4, -0.2) is 7.11 Å². The molecule has 0 aliphatic carbocycles. The number of ether oxygens (including phenoxy) is 1. The smallest absolute Gasteiger partial charge is 0.187 e. The monoisotopic (exact) mass is 147 g/mol. The zero-order chi connectivity index (χ0) is 8.27.